The van der Waals surface area contributed by atoms with Crippen molar-refractivity contribution in [3.8, 4) is 0 Å². The van der Waals surface area contributed by atoms with Crippen LogP contribution in [0.1, 0.15) is 32.6 Å². The lowest BCUT2D eigenvalue weighted by atomic mass is 9.89. The Morgan fingerprint density at radius 3 is 2.93 bits per heavy atom. The van der Waals surface area contributed by atoms with Crippen molar-refractivity contribution in [2.45, 2.75) is 44.8 Å². The molecule has 0 aromatic carbocycles. The Morgan fingerprint density at radius 1 is 1.50 bits per heavy atom. The zero-order chi connectivity index (χ0) is 10.0. The van der Waals surface area contributed by atoms with E-state index in [4.69, 9.17) is 4.74 Å². The first-order valence-electron chi connectivity index (χ1n) is 5.69. The second-order valence-electron chi connectivity index (χ2n) is 5.10. The summed E-state index contributed by atoms with van der Waals surface area (Å²) in [7, 11) is 0. The Balaban J connectivity index is 1.75. The molecule has 1 heterocycles. The van der Waals surface area contributed by atoms with Crippen LogP contribution in [0, 0.1) is 5.41 Å². The quantitative estimate of drug-likeness (QED) is 0.710. The van der Waals surface area contributed by atoms with Gasteiger partial charge in [-0.05, 0) is 25.7 Å². The summed E-state index contributed by atoms with van der Waals surface area (Å²) >= 11 is 0. The SMILES string of the molecule is CC1(CNC2CCCC2O)CCOC1. The lowest BCUT2D eigenvalue weighted by Crippen LogP contribution is -2.42. The van der Waals surface area contributed by atoms with Gasteiger partial charge in [-0.3, -0.25) is 0 Å². The van der Waals surface area contributed by atoms with Crippen molar-refractivity contribution in [1.29, 1.82) is 0 Å². The van der Waals surface area contributed by atoms with E-state index >= 15 is 0 Å². The molecule has 0 aromatic heterocycles. The number of aliphatic hydroxyl groups is 1. The topological polar surface area (TPSA) is 41.5 Å². The molecule has 0 amide bonds. The Kier molecular flexibility index (Phi) is 3.10. The van der Waals surface area contributed by atoms with Crippen molar-refractivity contribution in [2.75, 3.05) is 19.8 Å². The van der Waals surface area contributed by atoms with E-state index in [-0.39, 0.29) is 6.10 Å². The van der Waals surface area contributed by atoms with Crippen molar-refractivity contribution < 1.29 is 9.84 Å². The van der Waals surface area contributed by atoms with Gasteiger partial charge in [-0.15, -0.1) is 0 Å². The van der Waals surface area contributed by atoms with E-state index in [1.165, 1.54) is 0 Å². The predicted octanol–water partition coefficient (Wildman–Crippen LogP) is 0.916. The van der Waals surface area contributed by atoms with Gasteiger partial charge in [-0.1, -0.05) is 6.92 Å². The summed E-state index contributed by atoms with van der Waals surface area (Å²) in [6.07, 6.45) is 4.26. The molecule has 0 spiro atoms. The van der Waals surface area contributed by atoms with Crippen LogP contribution in [-0.2, 0) is 4.74 Å². The van der Waals surface area contributed by atoms with Crippen molar-refractivity contribution in [2.24, 2.45) is 5.41 Å². The lowest BCUT2D eigenvalue weighted by molar-refractivity contribution is 0.129. The largest absolute Gasteiger partial charge is 0.392 e. The maximum atomic E-state index is 9.65. The molecule has 14 heavy (non-hydrogen) atoms. The number of nitrogens with one attached hydrogen (secondary N) is 1. The number of hydrogen-bond donors (Lipinski definition) is 2. The smallest absolute Gasteiger partial charge is 0.0693 e. The average molecular weight is 199 g/mol. The van der Waals surface area contributed by atoms with E-state index in [2.05, 4.69) is 12.2 Å². The van der Waals surface area contributed by atoms with Crippen molar-refractivity contribution in [3.05, 3.63) is 0 Å². The summed E-state index contributed by atoms with van der Waals surface area (Å²) in [5.41, 5.74) is 0.294. The summed E-state index contributed by atoms with van der Waals surface area (Å²) in [6, 6.07) is 0.326. The Hall–Kier alpha value is -0.120. The summed E-state index contributed by atoms with van der Waals surface area (Å²) in [5, 5.41) is 13.1. The van der Waals surface area contributed by atoms with E-state index in [0.717, 1.165) is 45.4 Å². The molecule has 1 aliphatic heterocycles. The van der Waals surface area contributed by atoms with Gasteiger partial charge in [0.2, 0.25) is 0 Å². The first-order valence-corrected chi connectivity index (χ1v) is 5.69. The van der Waals surface area contributed by atoms with Gasteiger partial charge in [0, 0.05) is 24.6 Å². The van der Waals surface area contributed by atoms with Gasteiger partial charge in [0.05, 0.1) is 12.7 Å². The Labute approximate surface area is 85.8 Å². The zero-order valence-electron chi connectivity index (χ0n) is 8.96. The minimum atomic E-state index is -0.124. The van der Waals surface area contributed by atoms with Crippen molar-refractivity contribution >= 4 is 0 Å². The van der Waals surface area contributed by atoms with Gasteiger partial charge in [0.25, 0.3) is 0 Å². The monoisotopic (exact) mass is 199 g/mol. The summed E-state index contributed by atoms with van der Waals surface area (Å²) < 4.78 is 5.40. The fourth-order valence-electron chi connectivity index (χ4n) is 2.40. The van der Waals surface area contributed by atoms with Crippen molar-refractivity contribution in [1.82, 2.24) is 5.32 Å². The molecule has 82 valence electrons. The molecule has 0 radical (unpaired) electrons. The molecule has 2 fully saturated rings. The second kappa shape index (κ2) is 4.17. The van der Waals surface area contributed by atoms with Gasteiger partial charge < -0.3 is 15.2 Å². The van der Waals surface area contributed by atoms with Crippen molar-refractivity contribution in [3.63, 3.8) is 0 Å². The van der Waals surface area contributed by atoms with E-state index < -0.39 is 0 Å². The Morgan fingerprint density at radius 2 is 2.36 bits per heavy atom. The van der Waals surface area contributed by atoms with Gasteiger partial charge in [0.15, 0.2) is 0 Å². The third-order valence-corrected chi connectivity index (χ3v) is 3.57. The molecule has 3 nitrogen and oxygen atoms in total. The molecule has 2 N–H and O–H groups in total. The highest BCUT2D eigenvalue weighted by atomic mass is 16.5. The normalized spacial score (nSPS) is 43.3. The van der Waals surface area contributed by atoms with Gasteiger partial charge in [-0.2, -0.15) is 0 Å². The lowest BCUT2D eigenvalue weighted by Gasteiger charge is -2.26. The third-order valence-electron chi connectivity index (χ3n) is 3.57. The molecule has 3 heteroatoms. The highest BCUT2D eigenvalue weighted by Crippen LogP contribution is 2.28. The van der Waals surface area contributed by atoms with E-state index in [0.29, 0.717) is 11.5 Å². The molecule has 2 rings (SSSR count). The van der Waals surface area contributed by atoms with Crippen LogP contribution in [0.5, 0.6) is 0 Å². The number of ether oxygens (including phenoxy) is 1. The number of hydrogen-bond acceptors (Lipinski definition) is 3. The summed E-state index contributed by atoms with van der Waals surface area (Å²) in [4.78, 5) is 0. The number of rotatable bonds is 3. The van der Waals surface area contributed by atoms with Crippen LogP contribution in [0.2, 0.25) is 0 Å². The maximum absolute atomic E-state index is 9.65. The van der Waals surface area contributed by atoms with Crippen LogP contribution in [-0.4, -0.2) is 37.0 Å². The molecular weight excluding hydrogens is 178 g/mol. The summed E-state index contributed by atoms with van der Waals surface area (Å²) in [5.74, 6) is 0. The van der Waals surface area contributed by atoms with E-state index in [1.54, 1.807) is 0 Å². The first-order chi connectivity index (χ1) is 6.70. The van der Waals surface area contributed by atoms with Gasteiger partial charge in [-0.25, -0.2) is 0 Å². The van der Waals surface area contributed by atoms with E-state index in [1.807, 2.05) is 0 Å². The van der Waals surface area contributed by atoms with Gasteiger partial charge in [0.1, 0.15) is 0 Å². The first kappa shape index (κ1) is 10.4. The number of aliphatic hydroxyl groups excluding tert-OH is 1. The summed E-state index contributed by atoms with van der Waals surface area (Å²) in [6.45, 7) is 5.00. The zero-order valence-corrected chi connectivity index (χ0v) is 8.96. The Bertz CT molecular complexity index is 190. The average Bonchev–Trinajstić information content (AvgIpc) is 2.73. The van der Waals surface area contributed by atoms with Crippen LogP contribution in [0.3, 0.4) is 0 Å². The predicted molar refractivity (Wildman–Crippen MR) is 55.2 cm³/mol. The van der Waals surface area contributed by atoms with Crippen LogP contribution in [0.15, 0.2) is 0 Å². The van der Waals surface area contributed by atoms with Crippen LogP contribution < -0.4 is 5.32 Å². The molecule has 3 unspecified atom stereocenters. The van der Waals surface area contributed by atoms with E-state index in [9.17, 15) is 5.11 Å². The standard InChI is InChI=1S/C11H21NO2/c1-11(5-6-14-8-11)7-12-9-3-2-4-10(9)13/h9-10,12-13H,2-8H2,1H3. The minimum Gasteiger partial charge on any atom is -0.392 e. The van der Waals surface area contributed by atoms with Crippen LogP contribution in [0.4, 0.5) is 0 Å². The van der Waals surface area contributed by atoms with Gasteiger partial charge >= 0.3 is 0 Å². The third kappa shape index (κ3) is 2.27. The van der Waals surface area contributed by atoms with Crippen LogP contribution in [0.25, 0.3) is 0 Å². The highest BCUT2D eigenvalue weighted by molar-refractivity contribution is 4.87. The van der Waals surface area contributed by atoms with Crippen LogP contribution >= 0.6 is 0 Å². The minimum absolute atomic E-state index is 0.124. The highest BCUT2D eigenvalue weighted by Gasteiger charge is 2.32. The molecule has 2 aliphatic rings. The fourth-order valence-corrected chi connectivity index (χ4v) is 2.40. The molecule has 1 saturated carbocycles. The molecule has 0 bridgehead atoms. The molecule has 1 saturated heterocycles. The molecule has 0 aromatic rings. The molecular formula is C11H21NO2. The molecule has 1 aliphatic carbocycles. The fraction of sp³-hybridized carbons (Fsp3) is 1.00. The maximum Gasteiger partial charge on any atom is 0.0693 e. The molecule has 3 atom stereocenters. The second-order valence-corrected chi connectivity index (χ2v) is 5.10.